The summed E-state index contributed by atoms with van der Waals surface area (Å²) >= 11 is 0. The van der Waals surface area contributed by atoms with E-state index in [4.69, 9.17) is 0 Å². The molecule has 0 fully saturated rings. The van der Waals surface area contributed by atoms with Crippen molar-refractivity contribution in [3.05, 3.63) is 49.1 Å². The fourth-order valence-electron chi connectivity index (χ4n) is 1.01. The van der Waals surface area contributed by atoms with Crippen molar-refractivity contribution in [2.45, 2.75) is 0 Å². The minimum Gasteiger partial charge on any atom is -1.00 e. The van der Waals surface area contributed by atoms with Crippen LogP contribution in [0.1, 0.15) is 0 Å². The molecule has 2 heterocycles. The molecule has 3 nitrogen and oxygen atoms in total. The fourth-order valence-corrected chi connectivity index (χ4v) is 1.01. The molecule has 2 aromatic heterocycles. The van der Waals surface area contributed by atoms with Crippen molar-refractivity contribution >= 4 is 0 Å². The lowest BCUT2D eigenvalue weighted by Crippen LogP contribution is -3.00. The summed E-state index contributed by atoms with van der Waals surface area (Å²) in [6, 6.07) is 7.83. The van der Waals surface area contributed by atoms with Gasteiger partial charge in [0.15, 0.2) is 12.4 Å². The molecule has 66 valence electrons. The number of aromatic nitrogens is 3. The molecule has 0 saturated carbocycles. The van der Waals surface area contributed by atoms with Crippen molar-refractivity contribution in [3.63, 3.8) is 0 Å². The predicted octanol–water partition coefficient (Wildman–Crippen LogP) is -2.24. The fraction of sp³-hybridized carbons (Fsp3) is 0. The van der Waals surface area contributed by atoms with Crippen LogP contribution in [0.4, 0.5) is 0 Å². The SMILES string of the molecule is [Cl-].c1cc[n+](-c2ccnnc2)cc1. The highest BCUT2D eigenvalue weighted by Gasteiger charge is 2.01. The van der Waals surface area contributed by atoms with Crippen LogP contribution in [0.2, 0.25) is 0 Å². The minimum absolute atomic E-state index is 0. The van der Waals surface area contributed by atoms with Gasteiger partial charge in [0.1, 0.15) is 6.20 Å². The van der Waals surface area contributed by atoms with Gasteiger partial charge >= 0.3 is 0 Å². The number of hydrogen-bond acceptors (Lipinski definition) is 2. The van der Waals surface area contributed by atoms with Gasteiger partial charge in [0.25, 0.3) is 0 Å². The molecule has 0 radical (unpaired) electrons. The van der Waals surface area contributed by atoms with E-state index in [0.717, 1.165) is 5.69 Å². The summed E-state index contributed by atoms with van der Waals surface area (Å²) in [5, 5.41) is 7.50. The summed E-state index contributed by atoms with van der Waals surface area (Å²) in [5.74, 6) is 0. The van der Waals surface area contributed by atoms with E-state index in [1.54, 1.807) is 12.4 Å². The average Bonchev–Trinajstić information content (AvgIpc) is 2.21. The zero-order chi connectivity index (χ0) is 8.23. The van der Waals surface area contributed by atoms with Crippen molar-refractivity contribution < 1.29 is 17.0 Å². The molecule has 0 N–H and O–H groups in total. The van der Waals surface area contributed by atoms with Gasteiger partial charge < -0.3 is 12.4 Å². The Kier molecular flexibility index (Phi) is 3.34. The summed E-state index contributed by atoms with van der Waals surface area (Å²) < 4.78 is 1.98. The molecule has 2 rings (SSSR count). The first-order chi connectivity index (χ1) is 5.97. The monoisotopic (exact) mass is 193 g/mol. The molecule has 2 aromatic rings. The van der Waals surface area contributed by atoms with E-state index >= 15 is 0 Å². The lowest BCUT2D eigenvalue weighted by atomic mass is 10.4. The summed E-state index contributed by atoms with van der Waals surface area (Å²) in [6.45, 7) is 0. The Morgan fingerprint density at radius 3 is 2.38 bits per heavy atom. The zero-order valence-electron chi connectivity index (χ0n) is 6.84. The van der Waals surface area contributed by atoms with Crippen LogP contribution < -0.4 is 17.0 Å². The third-order valence-electron chi connectivity index (χ3n) is 1.58. The molecule has 4 heteroatoms. The number of halogens is 1. The summed E-state index contributed by atoms with van der Waals surface area (Å²) in [4.78, 5) is 0. The van der Waals surface area contributed by atoms with Crippen LogP contribution in [0.3, 0.4) is 0 Å². The summed E-state index contributed by atoms with van der Waals surface area (Å²) in [7, 11) is 0. The molecule has 0 aliphatic rings. The van der Waals surface area contributed by atoms with E-state index in [2.05, 4.69) is 10.2 Å². The summed E-state index contributed by atoms with van der Waals surface area (Å²) in [5.41, 5.74) is 1.02. The van der Waals surface area contributed by atoms with Crippen LogP contribution >= 0.6 is 0 Å². The van der Waals surface area contributed by atoms with Crippen LogP contribution in [0.25, 0.3) is 5.69 Å². The second-order valence-electron chi connectivity index (χ2n) is 2.38. The minimum atomic E-state index is 0. The van der Waals surface area contributed by atoms with Crippen molar-refractivity contribution in [3.8, 4) is 5.69 Å². The van der Waals surface area contributed by atoms with Gasteiger partial charge in [0, 0.05) is 18.2 Å². The summed E-state index contributed by atoms with van der Waals surface area (Å²) in [6.07, 6.45) is 7.34. The van der Waals surface area contributed by atoms with Crippen LogP contribution in [-0.2, 0) is 0 Å². The Bertz CT molecular complexity index is 312. The number of nitrogens with zero attached hydrogens (tertiary/aromatic N) is 3. The third kappa shape index (κ3) is 2.23. The first-order valence-corrected chi connectivity index (χ1v) is 3.70. The Hall–Kier alpha value is -1.48. The Morgan fingerprint density at radius 2 is 1.77 bits per heavy atom. The van der Waals surface area contributed by atoms with E-state index in [1.165, 1.54) is 0 Å². The van der Waals surface area contributed by atoms with Gasteiger partial charge in [-0.15, -0.1) is 0 Å². The molecule has 0 saturated heterocycles. The lowest BCUT2D eigenvalue weighted by molar-refractivity contribution is -0.596. The van der Waals surface area contributed by atoms with Crippen LogP contribution in [0, 0.1) is 0 Å². The maximum absolute atomic E-state index is 3.79. The van der Waals surface area contributed by atoms with Crippen molar-refractivity contribution in [2.75, 3.05) is 0 Å². The van der Waals surface area contributed by atoms with Crippen molar-refractivity contribution in [1.82, 2.24) is 10.2 Å². The first-order valence-electron chi connectivity index (χ1n) is 3.70. The average molecular weight is 194 g/mol. The highest BCUT2D eigenvalue weighted by molar-refractivity contribution is 5.13. The maximum Gasteiger partial charge on any atom is 0.232 e. The molecule has 0 unspecified atom stereocenters. The van der Waals surface area contributed by atoms with Gasteiger partial charge in [-0.2, -0.15) is 14.8 Å². The van der Waals surface area contributed by atoms with Gasteiger partial charge in [-0.1, -0.05) is 6.07 Å². The molecule has 0 amide bonds. The molecule has 0 aliphatic heterocycles. The van der Waals surface area contributed by atoms with E-state index in [-0.39, 0.29) is 12.4 Å². The van der Waals surface area contributed by atoms with Gasteiger partial charge in [-0.3, -0.25) is 0 Å². The van der Waals surface area contributed by atoms with E-state index in [9.17, 15) is 0 Å². The smallest absolute Gasteiger partial charge is 0.232 e. The molecule has 0 bridgehead atoms. The highest BCUT2D eigenvalue weighted by atomic mass is 35.5. The number of rotatable bonds is 1. The predicted molar refractivity (Wildman–Crippen MR) is 43.6 cm³/mol. The molecule has 0 aromatic carbocycles. The Balaban J connectivity index is 0.000000845. The second-order valence-corrected chi connectivity index (χ2v) is 2.38. The van der Waals surface area contributed by atoms with Crippen LogP contribution in [0.5, 0.6) is 0 Å². The Labute approximate surface area is 82.5 Å². The number of hydrogen-bond donors (Lipinski definition) is 0. The topological polar surface area (TPSA) is 29.7 Å². The van der Waals surface area contributed by atoms with E-state index < -0.39 is 0 Å². The molecule has 13 heavy (non-hydrogen) atoms. The van der Waals surface area contributed by atoms with Gasteiger partial charge in [0.05, 0.1) is 6.20 Å². The number of pyridine rings is 1. The molecule has 0 atom stereocenters. The second kappa shape index (κ2) is 4.52. The van der Waals surface area contributed by atoms with Crippen LogP contribution in [-0.4, -0.2) is 10.2 Å². The zero-order valence-corrected chi connectivity index (χ0v) is 7.59. The van der Waals surface area contributed by atoms with Crippen LogP contribution in [0.15, 0.2) is 49.1 Å². The van der Waals surface area contributed by atoms with E-state index in [1.807, 2.05) is 41.2 Å². The van der Waals surface area contributed by atoms with Gasteiger partial charge in [-0.05, 0) is 0 Å². The largest absolute Gasteiger partial charge is 1.00 e. The maximum atomic E-state index is 3.79. The molecule has 0 aliphatic carbocycles. The first kappa shape index (κ1) is 9.61. The normalized spacial score (nSPS) is 8.92. The third-order valence-corrected chi connectivity index (χ3v) is 1.58. The molecular formula is C9H8ClN3. The van der Waals surface area contributed by atoms with Gasteiger partial charge in [0.2, 0.25) is 5.69 Å². The Morgan fingerprint density at radius 1 is 1.00 bits per heavy atom. The van der Waals surface area contributed by atoms with Gasteiger partial charge in [-0.25, -0.2) is 0 Å². The van der Waals surface area contributed by atoms with E-state index in [0.29, 0.717) is 0 Å². The quantitative estimate of drug-likeness (QED) is 0.480. The standard InChI is InChI=1S/C9H8N3.ClH/c1-2-6-12(7-3-1)9-4-5-10-11-8-9;/h1-8H;1H/q+1;/p-1. The molecular weight excluding hydrogens is 186 g/mol. The highest BCUT2D eigenvalue weighted by Crippen LogP contribution is 1.91. The van der Waals surface area contributed by atoms with Crippen molar-refractivity contribution in [2.24, 2.45) is 0 Å². The van der Waals surface area contributed by atoms with Crippen molar-refractivity contribution in [1.29, 1.82) is 0 Å². The lowest BCUT2D eigenvalue weighted by Gasteiger charge is -1.90. The molecule has 0 spiro atoms.